The van der Waals surface area contributed by atoms with Gasteiger partial charge >= 0.3 is 0 Å². The third kappa shape index (κ3) is 4.96. The van der Waals surface area contributed by atoms with Gasteiger partial charge in [0, 0.05) is 32.2 Å². The molecule has 0 saturated heterocycles. The second-order valence-corrected chi connectivity index (χ2v) is 8.97. The van der Waals surface area contributed by atoms with E-state index in [-0.39, 0.29) is 16.8 Å². The van der Waals surface area contributed by atoms with E-state index in [0.29, 0.717) is 12.1 Å². The Morgan fingerprint density at radius 1 is 0.926 bits per heavy atom. The van der Waals surface area contributed by atoms with Crippen molar-refractivity contribution in [3.63, 3.8) is 0 Å². The third-order valence-corrected chi connectivity index (χ3v) is 6.75. The summed E-state index contributed by atoms with van der Waals surface area (Å²) < 4.78 is 26.3. The fraction of sp³-hybridized carbons (Fsp3) is 0.381. The van der Waals surface area contributed by atoms with Gasteiger partial charge in [-0.1, -0.05) is 31.2 Å². The van der Waals surface area contributed by atoms with Crippen LogP contribution in [0.3, 0.4) is 0 Å². The van der Waals surface area contributed by atoms with Gasteiger partial charge in [0.05, 0.1) is 4.90 Å². The van der Waals surface area contributed by atoms with Crippen LogP contribution in [0.5, 0.6) is 0 Å². The number of carbonyl (C=O) groups is 1. The van der Waals surface area contributed by atoms with Gasteiger partial charge in [-0.15, -0.1) is 0 Å². The van der Waals surface area contributed by atoms with Gasteiger partial charge in [0.25, 0.3) is 5.91 Å². The molecule has 2 aromatic rings. The molecule has 2 rings (SSSR count). The molecule has 0 N–H and O–H groups in total. The first-order chi connectivity index (χ1) is 12.7. The Morgan fingerprint density at radius 2 is 1.44 bits per heavy atom. The van der Waals surface area contributed by atoms with Crippen LogP contribution in [0.4, 0.5) is 0 Å². The number of rotatable bonds is 7. The van der Waals surface area contributed by atoms with Crippen molar-refractivity contribution < 1.29 is 13.2 Å². The van der Waals surface area contributed by atoms with Crippen LogP contribution in [-0.2, 0) is 23.0 Å². The molecule has 0 spiro atoms. The summed E-state index contributed by atoms with van der Waals surface area (Å²) in [5.74, 6) is -0.143. The highest BCUT2D eigenvalue weighted by atomic mass is 32.2. The molecule has 146 valence electrons. The lowest BCUT2D eigenvalue weighted by atomic mass is 10.1. The molecule has 1 amide bonds. The fourth-order valence-electron chi connectivity index (χ4n) is 2.66. The molecule has 0 heterocycles. The number of aryl methyl sites for hydroxylation is 1. The van der Waals surface area contributed by atoms with Crippen LogP contribution in [0.25, 0.3) is 0 Å². The summed E-state index contributed by atoms with van der Waals surface area (Å²) in [5.41, 5.74) is 2.78. The summed E-state index contributed by atoms with van der Waals surface area (Å²) in [6.45, 7) is 6.24. The average molecular weight is 389 g/mol. The van der Waals surface area contributed by atoms with E-state index in [1.165, 1.54) is 22.0 Å². The molecule has 0 radical (unpaired) electrons. The van der Waals surface area contributed by atoms with Crippen LogP contribution >= 0.6 is 0 Å². The van der Waals surface area contributed by atoms with Crippen molar-refractivity contribution in [2.24, 2.45) is 0 Å². The maximum absolute atomic E-state index is 12.6. The van der Waals surface area contributed by atoms with Crippen molar-refractivity contribution in [1.82, 2.24) is 9.21 Å². The monoisotopic (exact) mass is 388 g/mol. The number of carbonyl (C=O) groups excluding carboxylic acids is 1. The van der Waals surface area contributed by atoms with E-state index in [2.05, 4.69) is 19.1 Å². The minimum absolute atomic E-state index is 0.137. The van der Waals surface area contributed by atoms with E-state index in [0.717, 1.165) is 12.0 Å². The van der Waals surface area contributed by atoms with Crippen LogP contribution in [0.1, 0.15) is 42.3 Å². The van der Waals surface area contributed by atoms with E-state index >= 15 is 0 Å². The number of amides is 1. The minimum Gasteiger partial charge on any atom is -0.337 e. The van der Waals surface area contributed by atoms with Crippen molar-refractivity contribution in [3.8, 4) is 0 Å². The second-order valence-electron chi connectivity index (χ2n) is 6.97. The van der Waals surface area contributed by atoms with Gasteiger partial charge in [-0.05, 0) is 55.7 Å². The second kappa shape index (κ2) is 8.67. The van der Waals surface area contributed by atoms with E-state index in [9.17, 15) is 13.2 Å². The van der Waals surface area contributed by atoms with Gasteiger partial charge in [0.1, 0.15) is 0 Å². The molecule has 0 saturated carbocycles. The highest BCUT2D eigenvalue weighted by Gasteiger charge is 2.23. The zero-order valence-corrected chi connectivity index (χ0v) is 17.5. The van der Waals surface area contributed by atoms with Crippen LogP contribution in [0, 0.1) is 0 Å². The third-order valence-electron chi connectivity index (χ3n) is 4.70. The van der Waals surface area contributed by atoms with Crippen LogP contribution in [0.2, 0.25) is 0 Å². The molecule has 0 aliphatic rings. The first-order valence-corrected chi connectivity index (χ1v) is 10.5. The van der Waals surface area contributed by atoms with Crippen LogP contribution < -0.4 is 0 Å². The maximum Gasteiger partial charge on any atom is 0.253 e. The first kappa shape index (κ1) is 21.1. The Hall–Kier alpha value is -2.18. The SMILES string of the molecule is CCc1ccc(CN(C)C(=O)c2ccc(S(=O)(=O)N(C)C(C)C)cc2)cc1. The molecule has 27 heavy (non-hydrogen) atoms. The zero-order chi connectivity index (χ0) is 20.2. The minimum atomic E-state index is -3.55. The van der Waals surface area contributed by atoms with E-state index in [1.54, 1.807) is 31.1 Å². The first-order valence-electron chi connectivity index (χ1n) is 9.08. The number of benzene rings is 2. The van der Waals surface area contributed by atoms with Gasteiger partial charge in [0.2, 0.25) is 10.0 Å². The van der Waals surface area contributed by atoms with Gasteiger partial charge in [-0.2, -0.15) is 4.31 Å². The van der Waals surface area contributed by atoms with Crippen molar-refractivity contribution in [1.29, 1.82) is 0 Å². The summed E-state index contributed by atoms with van der Waals surface area (Å²) >= 11 is 0. The van der Waals surface area contributed by atoms with E-state index in [1.807, 2.05) is 26.0 Å². The lowest BCUT2D eigenvalue weighted by molar-refractivity contribution is 0.0785. The molecular formula is C21H28N2O3S. The molecule has 6 heteroatoms. The molecule has 5 nitrogen and oxygen atoms in total. The van der Waals surface area contributed by atoms with Gasteiger partial charge in [-0.3, -0.25) is 4.79 Å². The predicted octanol–water partition coefficient (Wildman–Crippen LogP) is 3.55. The summed E-state index contributed by atoms with van der Waals surface area (Å²) in [6.07, 6.45) is 0.982. The van der Waals surface area contributed by atoms with E-state index < -0.39 is 10.0 Å². The van der Waals surface area contributed by atoms with Crippen LogP contribution in [-0.4, -0.2) is 43.7 Å². The fourth-order valence-corrected chi connectivity index (χ4v) is 4.03. The Morgan fingerprint density at radius 3 is 1.93 bits per heavy atom. The molecule has 0 aliphatic heterocycles. The molecule has 0 atom stereocenters. The highest BCUT2D eigenvalue weighted by molar-refractivity contribution is 7.89. The van der Waals surface area contributed by atoms with Gasteiger partial charge < -0.3 is 4.90 Å². The zero-order valence-electron chi connectivity index (χ0n) is 16.6. The van der Waals surface area contributed by atoms with Gasteiger partial charge in [-0.25, -0.2) is 8.42 Å². The molecule has 0 aliphatic carbocycles. The summed E-state index contributed by atoms with van der Waals surface area (Å²) in [4.78, 5) is 14.5. The smallest absolute Gasteiger partial charge is 0.253 e. The lowest BCUT2D eigenvalue weighted by Crippen LogP contribution is -2.33. The van der Waals surface area contributed by atoms with Crippen molar-refractivity contribution >= 4 is 15.9 Å². The van der Waals surface area contributed by atoms with Gasteiger partial charge in [0.15, 0.2) is 0 Å². The predicted molar refractivity (Wildman–Crippen MR) is 108 cm³/mol. The van der Waals surface area contributed by atoms with Crippen molar-refractivity contribution in [2.75, 3.05) is 14.1 Å². The maximum atomic E-state index is 12.6. The van der Waals surface area contributed by atoms with Crippen molar-refractivity contribution in [2.45, 2.75) is 44.7 Å². The average Bonchev–Trinajstić information content (AvgIpc) is 2.67. The molecular weight excluding hydrogens is 360 g/mol. The number of nitrogens with zero attached hydrogens (tertiary/aromatic N) is 2. The molecule has 0 aromatic heterocycles. The lowest BCUT2D eigenvalue weighted by Gasteiger charge is -2.21. The Kier molecular flexibility index (Phi) is 6.78. The number of hydrogen-bond donors (Lipinski definition) is 0. The Balaban J connectivity index is 2.12. The molecule has 0 unspecified atom stereocenters. The van der Waals surface area contributed by atoms with Crippen LogP contribution in [0.15, 0.2) is 53.4 Å². The Bertz CT molecular complexity index is 873. The Labute approximate surface area is 162 Å². The molecule has 2 aromatic carbocycles. The summed E-state index contributed by atoms with van der Waals surface area (Å²) in [6, 6.07) is 14.2. The largest absolute Gasteiger partial charge is 0.337 e. The quantitative estimate of drug-likeness (QED) is 0.729. The molecule has 0 bridgehead atoms. The highest BCUT2D eigenvalue weighted by Crippen LogP contribution is 2.18. The number of hydrogen-bond acceptors (Lipinski definition) is 3. The van der Waals surface area contributed by atoms with E-state index in [4.69, 9.17) is 0 Å². The number of sulfonamides is 1. The standard InChI is InChI=1S/C21H28N2O3S/c1-6-17-7-9-18(10-8-17)15-22(4)21(24)19-11-13-20(14-12-19)27(25,26)23(5)16(2)3/h7-14,16H,6,15H2,1-5H3. The normalized spacial score (nSPS) is 11.8. The summed E-state index contributed by atoms with van der Waals surface area (Å²) in [5, 5.41) is 0. The molecule has 0 fully saturated rings. The van der Waals surface area contributed by atoms with Crippen molar-refractivity contribution in [3.05, 3.63) is 65.2 Å². The summed E-state index contributed by atoms with van der Waals surface area (Å²) in [7, 11) is -0.252. The topological polar surface area (TPSA) is 57.7 Å².